The molecule has 0 aromatic carbocycles. The van der Waals surface area contributed by atoms with Crippen molar-refractivity contribution in [2.45, 2.75) is 63.8 Å². The molecular weight excluding hydrogens is 376 g/mol. The molecule has 0 radical (unpaired) electrons. The first kappa shape index (κ1) is 20.1. The number of rotatable bonds is 6. The van der Waals surface area contributed by atoms with Crippen molar-refractivity contribution in [1.29, 1.82) is 0 Å². The van der Waals surface area contributed by atoms with Gasteiger partial charge in [-0.3, -0.25) is 9.69 Å². The molecule has 0 atom stereocenters. The lowest BCUT2D eigenvalue weighted by Crippen LogP contribution is -2.47. The average Bonchev–Trinajstić information content (AvgIpc) is 3.21. The molecule has 1 aromatic rings. The maximum atomic E-state index is 12.2. The Labute approximate surface area is 180 Å². The molecule has 30 heavy (non-hydrogen) atoms. The quantitative estimate of drug-likeness (QED) is 0.778. The molecule has 1 amide bonds. The van der Waals surface area contributed by atoms with E-state index in [0.717, 1.165) is 69.5 Å². The smallest absolute Gasteiger partial charge is 0.223 e. The second-order valence-corrected chi connectivity index (χ2v) is 9.69. The van der Waals surface area contributed by atoms with Gasteiger partial charge in [0.2, 0.25) is 5.91 Å². The van der Waals surface area contributed by atoms with Crippen LogP contribution >= 0.6 is 0 Å². The maximum absolute atomic E-state index is 12.2. The molecule has 1 N–H and O–H groups in total. The highest BCUT2D eigenvalue weighted by molar-refractivity contribution is 5.79. The Morgan fingerprint density at radius 1 is 1.10 bits per heavy atom. The Balaban J connectivity index is 1.01. The molecule has 0 bridgehead atoms. The van der Waals surface area contributed by atoms with Crippen LogP contribution in [0.15, 0.2) is 12.3 Å². The summed E-state index contributed by atoms with van der Waals surface area (Å²) in [6.07, 6.45) is 12.6. The first-order valence-corrected chi connectivity index (χ1v) is 12.1. The lowest BCUT2D eigenvalue weighted by Gasteiger charge is -2.37. The van der Waals surface area contributed by atoms with Gasteiger partial charge in [-0.2, -0.15) is 0 Å². The molecule has 6 nitrogen and oxygen atoms in total. The molecule has 2 aliphatic heterocycles. The maximum Gasteiger partial charge on any atom is 0.223 e. The number of ether oxygens (including phenoxy) is 1. The minimum atomic E-state index is 0.320. The van der Waals surface area contributed by atoms with Crippen LogP contribution in [0.5, 0.6) is 5.75 Å². The Bertz CT molecular complexity index is 735. The highest BCUT2D eigenvalue weighted by Crippen LogP contribution is 2.35. The first-order valence-electron chi connectivity index (χ1n) is 12.1. The lowest BCUT2D eigenvalue weighted by atomic mass is 9.82. The fourth-order valence-electron chi connectivity index (χ4n) is 5.45. The number of anilines is 1. The monoisotopic (exact) mass is 412 g/mol. The van der Waals surface area contributed by atoms with Crippen molar-refractivity contribution in [3.8, 4) is 5.75 Å². The normalized spacial score (nSPS) is 27.3. The Morgan fingerprint density at radius 3 is 2.63 bits per heavy atom. The predicted octanol–water partition coefficient (Wildman–Crippen LogP) is 3.00. The van der Waals surface area contributed by atoms with E-state index in [9.17, 15) is 4.79 Å². The van der Waals surface area contributed by atoms with Crippen LogP contribution in [0.1, 0.15) is 56.9 Å². The van der Waals surface area contributed by atoms with Crippen LogP contribution in [-0.4, -0.2) is 61.2 Å². The summed E-state index contributed by atoms with van der Waals surface area (Å²) in [7, 11) is 0. The molecular formula is C24H36N4O2. The summed E-state index contributed by atoms with van der Waals surface area (Å²) in [4.78, 5) is 21.8. The van der Waals surface area contributed by atoms with Crippen LogP contribution in [0.3, 0.4) is 0 Å². The zero-order valence-electron chi connectivity index (χ0n) is 18.2. The van der Waals surface area contributed by atoms with Gasteiger partial charge in [-0.1, -0.05) is 6.42 Å². The van der Waals surface area contributed by atoms with E-state index in [-0.39, 0.29) is 0 Å². The van der Waals surface area contributed by atoms with E-state index in [0.29, 0.717) is 17.9 Å². The fourth-order valence-corrected chi connectivity index (χ4v) is 5.45. The van der Waals surface area contributed by atoms with E-state index in [1.165, 1.54) is 50.6 Å². The largest absolute Gasteiger partial charge is 0.489 e. The summed E-state index contributed by atoms with van der Waals surface area (Å²) >= 11 is 0. The van der Waals surface area contributed by atoms with Crippen molar-refractivity contribution >= 4 is 11.7 Å². The number of aromatic nitrogens is 1. The van der Waals surface area contributed by atoms with Crippen LogP contribution < -0.4 is 15.0 Å². The number of piperazine rings is 1. The number of nitrogens with zero attached hydrogens (tertiary/aromatic N) is 3. The number of nitrogens with one attached hydrogen (secondary N) is 1. The highest BCUT2D eigenvalue weighted by atomic mass is 16.5. The summed E-state index contributed by atoms with van der Waals surface area (Å²) in [6, 6.07) is 2.52. The summed E-state index contributed by atoms with van der Waals surface area (Å²) in [5.41, 5.74) is 1.31. The second kappa shape index (κ2) is 9.13. The van der Waals surface area contributed by atoms with E-state index in [1.807, 2.05) is 6.20 Å². The van der Waals surface area contributed by atoms with E-state index in [2.05, 4.69) is 26.2 Å². The minimum absolute atomic E-state index is 0.320. The molecule has 3 heterocycles. The Kier molecular flexibility index (Phi) is 6.12. The van der Waals surface area contributed by atoms with Crippen LogP contribution in [-0.2, 0) is 11.2 Å². The van der Waals surface area contributed by atoms with Crippen molar-refractivity contribution in [3.05, 3.63) is 17.8 Å². The van der Waals surface area contributed by atoms with Crippen LogP contribution in [0.2, 0.25) is 0 Å². The van der Waals surface area contributed by atoms with Crippen LogP contribution in [0, 0.1) is 11.8 Å². The number of fused-ring (bicyclic) bond motifs is 1. The Hall–Kier alpha value is -1.82. The molecule has 6 heteroatoms. The predicted molar refractivity (Wildman–Crippen MR) is 118 cm³/mol. The summed E-state index contributed by atoms with van der Waals surface area (Å²) in [5.74, 6) is 3.54. The zero-order valence-corrected chi connectivity index (χ0v) is 18.2. The van der Waals surface area contributed by atoms with E-state index < -0.39 is 0 Å². The van der Waals surface area contributed by atoms with Gasteiger partial charge in [-0.25, -0.2) is 4.98 Å². The minimum Gasteiger partial charge on any atom is -0.489 e. The van der Waals surface area contributed by atoms with Crippen molar-refractivity contribution in [2.24, 2.45) is 11.8 Å². The van der Waals surface area contributed by atoms with Gasteiger partial charge >= 0.3 is 0 Å². The third-order valence-electron chi connectivity index (χ3n) is 7.78. The molecule has 164 valence electrons. The van der Waals surface area contributed by atoms with E-state index in [1.54, 1.807) is 0 Å². The first-order chi connectivity index (χ1) is 14.8. The fraction of sp³-hybridized carbons (Fsp3) is 0.750. The molecule has 1 aromatic heterocycles. The van der Waals surface area contributed by atoms with Crippen LogP contribution in [0.25, 0.3) is 0 Å². The standard InChI is InChI=1S/C24H36N4O2/c29-24(20-2-1-3-20)26-21-6-4-18(5-7-21)9-12-27-13-15-28(16-14-27)23-22-19(8-11-25-23)10-17-30-22/h8,11,18,20-21H,1-7,9-10,12-17H2,(H,26,29)/t18-,21-. The number of carbonyl (C=O) groups is 1. The summed E-state index contributed by atoms with van der Waals surface area (Å²) in [6.45, 7) is 6.28. The van der Waals surface area contributed by atoms with Gasteiger partial charge in [0, 0.05) is 56.3 Å². The number of amides is 1. The van der Waals surface area contributed by atoms with Gasteiger partial charge in [-0.05, 0) is 63.5 Å². The zero-order chi connectivity index (χ0) is 20.3. The number of carbonyl (C=O) groups excluding carboxylic acids is 1. The van der Waals surface area contributed by atoms with Crippen molar-refractivity contribution in [3.63, 3.8) is 0 Å². The molecule has 0 unspecified atom stereocenters. The molecule has 4 aliphatic rings. The Morgan fingerprint density at radius 2 is 1.90 bits per heavy atom. The van der Waals surface area contributed by atoms with E-state index in [4.69, 9.17) is 4.74 Å². The summed E-state index contributed by atoms with van der Waals surface area (Å²) in [5, 5.41) is 3.31. The molecule has 3 fully saturated rings. The molecule has 1 saturated heterocycles. The van der Waals surface area contributed by atoms with E-state index >= 15 is 0 Å². The highest BCUT2D eigenvalue weighted by Gasteiger charge is 2.29. The van der Waals surface area contributed by atoms with Gasteiger partial charge < -0.3 is 15.0 Å². The van der Waals surface area contributed by atoms with Gasteiger partial charge in [-0.15, -0.1) is 0 Å². The average molecular weight is 413 g/mol. The van der Waals surface area contributed by atoms with Crippen molar-refractivity contribution in [1.82, 2.24) is 15.2 Å². The molecule has 0 spiro atoms. The van der Waals surface area contributed by atoms with Crippen molar-refractivity contribution in [2.75, 3.05) is 44.2 Å². The second-order valence-electron chi connectivity index (χ2n) is 9.69. The van der Waals surface area contributed by atoms with Gasteiger partial charge in [0.25, 0.3) is 0 Å². The van der Waals surface area contributed by atoms with Crippen molar-refractivity contribution < 1.29 is 9.53 Å². The third-order valence-corrected chi connectivity index (χ3v) is 7.78. The third kappa shape index (κ3) is 4.43. The topological polar surface area (TPSA) is 57.7 Å². The molecule has 2 saturated carbocycles. The van der Waals surface area contributed by atoms with Gasteiger partial charge in [0.15, 0.2) is 11.6 Å². The van der Waals surface area contributed by atoms with Gasteiger partial charge in [0.05, 0.1) is 6.61 Å². The number of hydrogen-bond donors (Lipinski definition) is 1. The molecule has 5 rings (SSSR count). The number of pyridine rings is 1. The SMILES string of the molecule is O=C(N[C@H]1CC[C@H](CCN2CCN(c3nccc4c3OCC4)CC2)CC1)C1CCC1. The van der Waals surface area contributed by atoms with Crippen LogP contribution in [0.4, 0.5) is 5.82 Å². The van der Waals surface area contributed by atoms with Gasteiger partial charge in [0.1, 0.15) is 0 Å². The summed E-state index contributed by atoms with van der Waals surface area (Å²) < 4.78 is 5.85. The number of hydrogen-bond acceptors (Lipinski definition) is 5. The lowest BCUT2D eigenvalue weighted by molar-refractivity contribution is -0.128. The molecule has 2 aliphatic carbocycles.